The van der Waals surface area contributed by atoms with E-state index in [1.807, 2.05) is 38.1 Å². The number of fused-ring (bicyclic) bond motifs is 2. The second-order valence-corrected chi connectivity index (χ2v) is 9.60. The van der Waals surface area contributed by atoms with Crippen LogP contribution in [0.1, 0.15) is 54.8 Å². The summed E-state index contributed by atoms with van der Waals surface area (Å²) in [6.45, 7) is 5.28. The maximum Gasteiger partial charge on any atom is 0.238 e. The van der Waals surface area contributed by atoms with Crippen molar-refractivity contribution in [2.75, 3.05) is 25.2 Å². The Morgan fingerprint density at radius 1 is 1.12 bits per heavy atom. The van der Waals surface area contributed by atoms with Gasteiger partial charge in [0.15, 0.2) is 11.5 Å². The number of rotatable bonds is 4. The van der Waals surface area contributed by atoms with Gasteiger partial charge in [0.25, 0.3) is 0 Å². The van der Waals surface area contributed by atoms with E-state index >= 15 is 0 Å². The van der Waals surface area contributed by atoms with Gasteiger partial charge in [0.1, 0.15) is 0 Å². The molecule has 0 aromatic heterocycles. The molecule has 2 aromatic carbocycles. The number of benzene rings is 2. The Morgan fingerprint density at radius 2 is 1.97 bits per heavy atom. The molecule has 6 nitrogen and oxygen atoms in total. The number of carbonyl (C=O) groups excluding carboxylic acids is 1. The lowest BCUT2D eigenvalue weighted by molar-refractivity contribution is -0.135. The van der Waals surface area contributed by atoms with Crippen LogP contribution < -0.4 is 14.8 Å². The Bertz CT molecular complexity index is 1020. The fraction of sp³-hybridized carbons (Fsp3) is 0.500. The first-order chi connectivity index (χ1) is 15.4. The van der Waals surface area contributed by atoms with Gasteiger partial charge in [-0.2, -0.15) is 0 Å². The molecule has 2 heterocycles. The number of hydrogen-bond donors (Lipinski definition) is 2. The number of amides is 1. The molecule has 0 radical (unpaired) electrons. The molecule has 2 fully saturated rings. The first-order valence-corrected chi connectivity index (χ1v) is 11.7. The summed E-state index contributed by atoms with van der Waals surface area (Å²) in [6.07, 6.45) is 4.67. The van der Waals surface area contributed by atoms with Crippen molar-refractivity contribution in [3.8, 4) is 11.5 Å². The Balaban J connectivity index is 1.41. The molecule has 3 aliphatic rings. The van der Waals surface area contributed by atoms with Crippen LogP contribution in [0, 0.1) is 19.8 Å². The first-order valence-electron chi connectivity index (χ1n) is 11.7. The summed E-state index contributed by atoms with van der Waals surface area (Å²) in [7, 11) is 0. The number of hydrogen-bond acceptors (Lipinski definition) is 5. The standard InChI is InChI=1S/C26H32N2O4/c1-17-6-8-21(18(2)13-17)27-24(29)15-28-12-11-26(30)10-4-3-5-20(26)25(28)19-7-9-22-23(14-19)32-16-31-22/h6-9,13-14,20,25,30H,3-5,10-12,15-16H2,1-2H3,(H,27,29)/t20-,25+,26+/m0/s1. The van der Waals surface area contributed by atoms with Gasteiger partial charge >= 0.3 is 0 Å². The van der Waals surface area contributed by atoms with Gasteiger partial charge in [0.2, 0.25) is 12.7 Å². The maximum absolute atomic E-state index is 13.1. The molecule has 1 saturated carbocycles. The first kappa shape index (κ1) is 21.3. The van der Waals surface area contributed by atoms with Crippen LogP contribution in [0.5, 0.6) is 11.5 Å². The molecule has 1 amide bonds. The number of ether oxygens (including phenoxy) is 2. The second kappa shape index (κ2) is 8.41. The van der Waals surface area contributed by atoms with E-state index < -0.39 is 5.60 Å². The molecular formula is C26H32N2O4. The molecule has 32 heavy (non-hydrogen) atoms. The molecule has 170 valence electrons. The predicted molar refractivity (Wildman–Crippen MR) is 123 cm³/mol. The molecule has 0 bridgehead atoms. The van der Waals surface area contributed by atoms with Gasteiger partial charge in [-0.25, -0.2) is 0 Å². The lowest BCUT2D eigenvalue weighted by Gasteiger charge is -2.52. The quantitative estimate of drug-likeness (QED) is 0.746. The molecule has 0 unspecified atom stereocenters. The lowest BCUT2D eigenvalue weighted by Crippen LogP contribution is -2.56. The zero-order valence-corrected chi connectivity index (χ0v) is 18.9. The number of carbonyl (C=O) groups is 1. The lowest BCUT2D eigenvalue weighted by atomic mass is 9.66. The highest BCUT2D eigenvalue weighted by Crippen LogP contribution is 2.50. The van der Waals surface area contributed by atoms with E-state index in [1.54, 1.807) is 0 Å². The van der Waals surface area contributed by atoms with Gasteiger partial charge < -0.3 is 19.9 Å². The van der Waals surface area contributed by atoms with Crippen molar-refractivity contribution < 1.29 is 19.4 Å². The highest BCUT2D eigenvalue weighted by molar-refractivity contribution is 5.93. The molecule has 2 aliphatic heterocycles. The summed E-state index contributed by atoms with van der Waals surface area (Å²) in [6, 6.07) is 12.1. The summed E-state index contributed by atoms with van der Waals surface area (Å²) in [5.74, 6) is 1.57. The summed E-state index contributed by atoms with van der Waals surface area (Å²) in [5, 5.41) is 14.6. The van der Waals surface area contributed by atoms with Crippen molar-refractivity contribution in [3.05, 3.63) is 53.1 Å². The normalized spacial score (nSPS) is 27.1. The average molecular weight is 437 g/mol. The van der Waals surface area contributed by atoms with Crippen LogP contribution in [0.3, 0.4) is 0 Å². The highest BCUT2D eigenvalue weighted by atomic mass is 16.7. The van der Waals surface area contributed by atoms with Gasteiger partial charge in [0, 0.05) is 24.2 Å². The van der Waals surface area contributed by atoms with E-state index in [4.69, 9.17) is 9.47 Å². The molecule has 5 rings (SSSR count). The highest BCUT2D eigenvalue weighted by Gasteiger charge is 2.49. The minimum absolute atomic E-state index is 0.0241. The number of nitrogens with zero attached hydrogens (tertiary/aromatic N) is 1. The maximum atomic E-state index is 13.1. The molecular weight excluding hydrogens is 404 g/mol. The molecule has 0 spiro atoms. The number of piperidine rings is 1. The van der Waals surface area contributed by atoms with Crippen LogP contribution in [0.15, 0.2) is 36.4 Å². The fourth-order valence-electron chi connectivity index (χ4n) is 5.79. The zero-order chi connectivity index (χ0) is 22.3. The van der Waals surface area contributed by atoms with Crippen LogP contribution in [-0.4, -0.2) is 41.4 Å². The molecule has 3 atom stereocenters. The molecule has 6 heteroatoms. The topological polar surface area (TPSA) is 71.0 Å². The van der Waals surface area contributed by atoms with Crippen molar-refractivity contribution in [1.29, 1.82) is 0 Å². The van der Waals surface area contributed by atoms with Crippen LogP contribution in [0.2, 0.25) is 0 Å². The van der Waals surface area contributed by atoms with E-state index in [-0.39, 0.29) is 24.7 Å². The monoisotopic (exact) mass is 436 g/mol. The summed E-state index contributed by atoms with van der Waals surface area (Å²) in [4.78, 5) is 15.3. The number of nitrogens with one attached hydrogen (secondary N) is 1. The SMILES string of the molecule is Cc1ccc(NC(=O)CN2CC[C@]3(O)CCCC[C@H]3[C@H]2c2ccc3c(c2)OCO3)c(C)c1. The van der Waals surface area contributed by atoms with Crippen LogP contribution >= 0.6 is 0 Å². The molecule has 2 N–H and O–H groups in total. The molecule has 2 aromatic rings. The Hall–Kier alpha value is -2.57. The van der Waals surface area contributed by atoms with Crippen LogP contribution in [-0.2, 0) is 4.79 Å². The Morgan fingerprint density at radius 3 is 2.81 bits per heavy atom. The van der Waals surface area contributed by atoms with E-state index in [0.29, 0.717) is 19.5 Å². The van der Waals surface area contributed by atoms with Gasteiger partial charge in [-0.3, -0.25) is 9.69 Å². The van der Waals surface area contributed by atoms with Gasteiger partial charge in [-0.05, 0) is 62.4 Å². The van der Waals surface area contributed by atoms with Crippen LogP contribution in [0.4, 0.5) is 5.69 Å². The average Bonchev–Trinajstić information content (AvgIpc) is 3.23. The minimum atomic E-state index is -0.667. The fourth-order valence-corrected chi connectivity index (χ4v) is 5.79. The number of likely N-dealkylation sites (tertiary alicyclic amines) is 1. The van der Waals surface area contributed by atoms with E-state index in [9.17, 15) is 9.90 Å². The zero-order valence-electron chi connectivity index (χ0n) is 18.9. The van der Waals surface area contributed by atoms with Crippen molar-refractivity contribution >= 4 is 11.6 Å². The summed E-state index contributed by atoms with van der Waals surface area (Å²) < 4.78 is 11.1. The van der Waals surface area contributed by atoms with E-state index in [1.165, 1.54) is 5.56 Å². The van der Waals surface area contributed by atoms with E-state index in [0.717, 1.165) is 54.0 Å². The number of aliphatic hydroxyl groups is 1. The third kappa shape index (κ3) is 3.97. The molecule has 1 aliphatic carbocycles. The Kier molecular flexibility index (Phi) is 5.59. The van der Waals surface area contributed by atoms with Crippen molar-refractivity contribution in [1.82, 2.24) is 4.90 Å². The minimum Gasteiger partial charge on any atom is -0.454 e. The summed E-state index contributed by atoms with van der Waals surface area (Å²) >= 11 is 0. The van der Waals surface area contributed by atoms with Gasteiger partial charge in [-0.1, -0.05) is 36.6 Å². The van der Waals surface area contributed by atoms with Crippen LogP contribution in [0.25, 0.3) is 0 Å². The molecule has 1 saturated heterocycles. The van der Waals surface area contributed by atoms with Crippen molar-refractivity contribution in [2.45, 2.75) is 57.6 Å². The third-order valence-electron chi connectivity index (χ3n) is 7.41. The Labute approximate surface area is 189 Å². The number of anilines is 1. The summed E-state index contributed by atoms with van der Waals surface area (Å²) in [5.41, 5.74) is 3.51. The smallest absolute Gasteiger partial charge is 0.238 e. The predicted octanol–water partition coefficient (Wildman–Crippen LogP) is 4.34. The van der Waals surface area contributed by atoms with Gasteiger partial charge in [-0.15, -0.1) is 0 Å². The number of aryl methyl sites for hydroxylation is 2. The van der Waals surface area contributed by atoms with Crippen molar-refractivity contribution in [2.24, 2.45) is 5.92 Å². The second-order valence-electron chi connectivity index (χ2n) is 9.60. The van der Waals surface area contributed by atoms with Gasteiger partial charge in [0.05, 0.1) is 12.1 Å². The third-order valence-corrected chi connectivity index (χ3v) is 7.41. The largest absolute Gasteiger partial charge is 0.454 e. The van der Waals surface area contributed by atoms with Crippen molar-refractivity contribution in [3.63, 3.8) is 0 Å². The van der Waals surface area contributed by atoms with E-state index in [2.05, 4.69) is 22.3 Å².